The van der Waals surface area contributed by atoms with Crippen LogP contribution in [0.4, 0.5) is 20.2 Å². The number of anilines is 2. The average Bonchev–Trinajstić information content (AvgIpc) is 2.44. The summed E-state index contributed by atoms with van der Waals surface area (Å²) in [6, 6.07) is 9.20. The van der Waals surface area contributed by atoms with Gasteiger partial charge < -0.3 is 10.6 Å². The van der Waals surface area contributed by atoms with Crippen molar-refractivity contribution in [2.75, 3.05) is 10.6 Å². The summed E-state index contributed by atoms with van der Waals surface area (Å²) in [7, 11) is 0. The Labute approximate surface area is 125 Å². The van der Waals surface area contributed by atoms with Gasteiger partial charge in [-0.05, 0) is 43.3 Å². The number of carbonyl (C=O) groups excluding carboxylic acids is 1. The number of rotatable bonds is 4. The molecule has 2 rings (SSSR count). The molecule has 2 aromatic rings. The number of nitrogens with one attached hydrogen (secondary N) is 2. The fraction of sp³-hybridized carbons (Fsp3) is 0.133. The van der Waals surface area contributed by atoms with Crippen LogP contribution in [0.3, 0.4) is 0 Å². The summed E-state index contributed by atoms with van der Waals surface area (Å²) in [6.45, 7) is 1.63. The van der Waals surface area contributed by atoms with Crippen molar-refractivity contribution in [3.8, 4) is 0 Å². The summed E-state index contributed by atoms with van der Waals surface area (Å²) >= 11 is 5.77. The van der Waals surface area contributed by atoms with Gasteiger partial charge in [0.15, 0.2) is 0 Å². The number of carbonyl (C=O) groups is 1. The van der Waals surface area contributed by atoms with Gasteiger partial charge in [-0.2, -0.15) is 0 Å². The molecule has 2 N–H and O–H groups in total. The molecule has 6 heteroatoms. The van der Waals surface area contributed by atoms with E-state index in [0.717, 1.165) is 6.07 Å². The van der Waals surface area contributed by atoms with Crippen LogP contribution >= 0.6 is 11.6 Å². The van der Waals surface area contributed by atoms with E-state index < -0.39 is 23.6 Å². The minimum absolute atomic E-state index is 0.0637. The Morgan fingerprint density at radius 1 is 1.14 bits per heavy atom. The van der Waals surface area contributed by atoms with Crippen LogP contribution in [0.5, 0.6) is 0 Å². The van der Waals surface area contributed by atoms with Crippen molar-refractivity contribution in [2.45, 2.75) is 13.0 Å². The van der Waals surface area contributed by atoms with Gasteiger partial charge in [-0.3, -0.25) is 4.79 Å². The van der Waals surface area contributed by atoms with Gasteiger partial charge in [0.25, 0.3) is 0 Å². The lowest BCUT2D eigenvalue weighted by Gasteiger charge is -2.15. The average molecular weight is 311 g/mol. The Morgan fingerprint density at radius 3 is 2.43 bits per heavy atom. The van der Waals surface area contributed by atoms with Crippen molar-refractivity contribution in [3.63, 3.8) is 0 Å². The second kappa shape index (κ2) is 6.54. The minimum atomic E-state index is -0.818. The van der Waals surface area contributed by atoms with Crippen molar-refractivity contribution in [1.29, 1.82) is 0 Å². The van der Waals surface area contributed by atoms with Gasteiger partial charge in [-0.1, -0.05) is 11.6 Å². The SMILES string of the molecule is C[C@H](Nc1ccc(Cl)cc1)C(=O)Nc1ccc(F)cc1F. The van der Waals surface area contributed by atoms with E-state index in [2.05, 4.69) is 10.6 Å². The maximum atomic E-state index is 13.5. The standard InChI is InChI=1S/C15H13ClF2N2O/c1-9(19-12-5-2-10(16)3-6-12)15(21)20-14-7-4-11(17)8-13(14)18/h2-9,19H,1H3,(H,20,21)/t9-/m0/s1. The summed E-state index contributed by atoms with van der Waals surface area (Å²) < 4.78 is 26.2. The zero-order valence-electron chi connectivity index (χ0n) is 11.2. The van der Waals surface area contributed by atoms with E-state index in [-0.39, 0.29) is 5.69 Å². The molecule has 0 unspecified atom stereocenters. The van der Waals surface area contributed by atoms with Gasteiger partial charge >= 0.3 is 0 Å². The van der Waals surface area contributed by atoms with E-state index in [9.17, 15) is 13.6 Å². The fourth-order valence-electron chi connectivity index (χ4n) is 1.69. The lowest BCUT2D eigenvalue weighted by molar-refractivity contribution is -0.116. The van der Waals surface area contributed by atoms with Crippen molar-refractivity contribution in [1.82, 2.24) is 0 Å². The van der Waals surface area contributed by atoms with Crippen LogP contribution in [0.15, 0.2) is 42.5 Å². The van der Waals surface area contributed by atoms with Crippen molar-refractivity contribution >= 4 is 28.9 Å². The molecule has 1 atom stereocenters. The molecule has 0 fully saturated rings. The van der Waals surface area contributed by atoms with Gasteiger partial charge in [0.2, 0.25) is 5.91 Å². The Morgan fingerprint density at radius 2 is 1.81 bits per heavy atom. The highest BCUT2D eigenvalue weighted by Gasteiger charge is 2.15. The Hall–Kier alpha value is -2.14. The van der Waals surface area contributed by atoms with Crippen LogP contribution in [0, 0.1) is 11.6 Å². The van der Waals surface area contributed by atoms with E-state index in [1.165, 1.54) is 6.07 Å². The number of benzene rings is 2. The normalized spacial score (nSPS) is 11.8. The van der Waals surface area contributed by atoms with Gasteiger partial charge in [-0.15, -0.1) is 0 Å². The molecule has 0 bridgehead atoms. The first-order chi connectivity index (χ1) is 9.95. The highest BCUT2D eigenvalue weighted by atomic mass is 35.5. The third-order valence-corrected chi connectivity index (χ3v) is 3.06. The highest BCUT2D eigenvalue weighted by Crippen LogP contribution is 2.17. The summed E-state index contributed by atoms with van der Waals surface area (Å²) in [4.78, 5) is 12.0. The Bertz CT molecular complexity index is 647. The molecule has 0 radical (unpaired) electrons. The second-order valence-corrected chi connectivity index (χ2v) is 4.92. The third kappa shape index (κ3) is 4.16. The molecular weight excluding hydrogens is 298 g/mol. The predicted octanol–water partition coefficient (Wildman–Crippen LogP) is 4.06. The van der Waals surface area contributed by atoms with Crippen molar-refractivity contribution in [2.24, 2.45) is 0 Å². The van der Waals surface area contributed by atoms with Crippen LogP contribution < -0.4 is 10.6 Å². The first-order valence-corrected chi connectivity index (χ1v) is 6.61. The lowest BCUT2D eigenvalue weighted by Crippen LogP contribution is -2.32. The molecule has 0 aliphatic heterocycles. The topological polar surface area (TPSA) is 41.1 Å². The predicted molar refractivity (Wildman–Crippen MR) is 79.5 cm³/mol. The monoisotopic (exact) mass is 310 g/mol. The van der Waals surface area contributed by atoms with Crippen LogP contribution in [-0.4, -0.2) is 11.9 Å². The van der Waals surface area contributed by atoms with Gasteiger partial charge in [0.05, 0.1) is 5.69 Å². The summed E-state index contributed by atoms with van der Waals surface area (Å²) in [6.07, 6.45) is 0. The molecule has 0 saturated heterocycles. The quantitative estimate of drug-likeness (QED) is 0.894. The zero-order chi connectivity index (χ0) is 15.4. The van der Waals surface area contributed by atoms with Crippen LogP contribution in [0.1, 0.15) is 6.92 Å². The summed E-state index contributed by atoms with van der Waals surface area (Å²) in [5.74, 6) is -1.95. The molecule has 0 aliphatic carbocycles. The summed E-state index contributed by atoms with van der Waals surface area (Å²) in [5.41, 5.74) is 0.646. The van der Waals surface area contributed by atoms with Crippen LogP contribution in [-0.2, 0) is 4.79 Å². The molecule has 0 aliphatic rings. The Kier molecular flexibility index (Phi) is 4.75. The van der Waals surface area contributed by atoms with E-state index in [1.54, 1.807) is 31.2 Å². The van der Waals surface area contributed by atoms with E-state index in [4.69, 9.17) is 11.6 Å². The largest absolute Gasteiger partial charge is 0.374 e. The van der Waals surface area contributed by atoms with Crippen LogP contribution in [0.25, 0.3) is 0 Å². The minimum Gasteiger partial charge on any atom is -0.374 e. The molecule has 21 heavy (non-hydrogen) atoms. The third-order valence-electron chi connectivity index (χ3n) is 2.81. The molecule has 2 aromatic carbocycles. The van der Waals surface area contributed by atoms with Gasteiger partial charge in [0.1, 0.15) is 17.7 Å². The number of hydrogen-bond donors (Lipinski definition) is 2. The fourth-order valence-corrected chi connectivity index (χ4v) is 1.82. The number of halogens is 3. The van der Waals surface area contributed by atoms with E-state index in [0.29, 0.717) is 16.8 Å². The first-order valence-electron chi connectivity index (χ1n) is 6.24. The lowest BCUT2D eigenvalue weighted by atomic mass is 10.2. The van der Waals surface area contributed by atoms with Crippen molar-refractivity contribution in [3.05, 3.63) is 59.1 Å². The van der Waals surface area contributed by atoms with Crippen LogP contribution in [0.2, 0.25) is 5.02 Å². The molecule has 1 amide bonds. The molecule has 0 saturated carbocycles. The molecule has 0 heterocycles. The second-order valence-electron chi connectivity index (χ2n) is 4.49. The Balaban J connectivity index is 2.00. The number of amides is 1. The first kappa shape index (κ1) is 15.3. The summed E-state index contributed by atoms with van der Waals surface area (Å²) in [5, 5.41) is 5.94. The number of hydrogen-bond acceptors (Lipinski definition) is 2. The highest BCUT2D eigenvalue weighted by molar-refractivity contribution is 6.30. The zero-order valence-corrected chi connectivity index (χ0v) is 11.9. The molecular formula is C15H13ClF2N2O. The molecule has 0 aromatic heterocycles. The molecule has 3 nitrogen and oxygen atoms in total. The molecule has 110 valence electrons. The van der Waals surface area contributed by atoms with Crippen molar-refractivity contribution < 1.29 is 13.6 Å². The maximum Gasteiger partial charge on any atom is 0.246 e. The maximum absolute atomic E-state index is 13.5. The van der Waals surface area contributed by atoms with E-state index in [1.807, 2.05) is 0 Å². The molecule has 0 spiro atoms. The van der Waals surface area contributed by atoms with Gasteiger partial charge in [-0.25, -0.2) is 8.78 Å². The van der Waals surface area contributed by atoms with E-state index >= 15 is 0 Å². The smallest absolute Gasteiger partial charge is 0.246 e. The van der Waals surface area contributed by atoms with Gasteiger partial charge in [0, 0.05) is 16.8 Å².